The van der Waals surface area contributed by atoms with Crippen LogP contribution in [0.15, 0.2) is 22.7 Å². The Kier molecular flexibility index (Phi) is 2.53. The van der Waals surface area contributed by atoms with Crippen molar-refractivity contribution in [2.45, 2.75) is 6.43 Å². The molecule has 0 aliphatic carbocycles. The van der Waals surface area contributed by atoms with Crippen LogP contribution >= 0.6 is 27.3 Å². The molecule has 0 saturated heterocycles. The zero-order valence-electron chi connectivity index (χ0n) is 6.73. The van der Waals surface area contributed by atoms with Gasteiger partial charge in [0.2, 0.25) is 0 Å². The predicted molar refractivity (Wildman–Crippen MR) is 54.4 cm³/mol. The zero-order chi connectivity index (χ0) is 10.3. The molecule has 74 valence electrons. The first-order chi connectivity index (χ1) is 6.59. The molecule has 0 unspecified atom stereocenters. The van der Waals surface area contributed by atoms with E-state index in [2.05, 4.69) is 15.9 Å². The molecule has 1 heterocycles. The van der Waals surface area contributed by atoms with Gasteiger partial charge in [0, 0.05) is 14.6 Å². The van der Waals surface area contributed by atoms with Crippen molar-refractivity contribution in [3.8, 4) is 0 Å². The molecule has 0 aliphatic rings. The average Bonchev–Trinajstić information content (AvgIpc) is 2.40. The van der Waals surface area contributed by atoms with Gasteiger partial charge in [0.15, 0.2) is 5.13 Å². The molecule has 0 aliphatic heterocycles. The van der Waals surface area contributed by atoms with Gasteiger partial charge < -0.3 is 0 Å². The monoisotopic (exact) mass is 280 g/mol. The Morgan fingerprint density at radius 1 is 1.29 bits per heavy atom. The van der Waals surface area contributed by atoms with Crippen molar-refractivity contribution in [2.75, 3.05) is 0 Å². The fraction of sp³-hybridized carbons (Fsp3) is 0.111. The summed E-state index contributed by atoms with van der Waals surface area (Å²) in [5, 5.41) is -0.509. The van der Waals surface area contributed by atoms with Crippen LogP contribution in [0.5, 0.6) is 0 Å². The van der Waals surface area contributed by atoms with Gasteiger partial charge in [-0.25, -0.2) is 8.78 Å². The summed E-state index contributed by atoms with van der Waals surface area (Å²) in [4.78, 5) is 0. The minimum Gasteiger partial charge on any atom is -0.205 e. The fourth-order valence-corrected chi connectivity index (χ4v) is 2.54. The second kappa shape index (κ2) is 3.55. The van der Waals surface area contributed by atoms with Gasteiger partial charge in [0.1, 0.15) is 0 Å². The van der Waals surface area contributed by atoms with Crippen molar-refractivity contribution in [3.63, 3.8) is 0 Å². The highest BCUT2D eigenvalue weighted by Gasteiger charge is 2.20. The third-order valence-corrected chi connectivity index (χ3v) is 3.33. The Morgan fingerprint density at radius 2 is 2.00 bits per heavy atom. The molecular weight excluding hydrogens is 277 g/mol. The van der Waals surface area contributed by atoms with Crippen LogP contribution in [0.4, 0.5) is 13.2 Å². The molecule has 1 aromatic heterocycles. The summed E-state index contributed by atoms with van der Waals surface area (Å²) in [6.07, 6.45) is -2.77. The molecule has 0 nitrogen and oxygen atoms in total. The first kappa shape index (κ1) is 9.98. The Bertz CT molecular complexity index is 478. The van der Waals surface area contributed by atoms with Crippen LogP contribution in [-0.4, -0.2) is 0 Å². The van der Waals surface area contributed by atoms with Crippen molar-refractivity contribution in [3.05, 3.63) is 33.4 Å². The minimum absolute atomic E-state index is 0.289. The lowest BCUT2D eigenvalue weighted by Gasteiger charge is -1.97. The van der Waals surface area contributed by atoms with E-state index in [0.717, 1.165) is 11.3 Å². The Morgan fingerprint density at radius 3 is 2.64 bits per heavy atom. The Hall–Kier alpha value is -0.550. The van der Waals surface area contributed by atoms with Gasteiger partial charge in [-0.3, -0.25) is 0 Å². The standard InChI is InChI=1S/C9H4BrF3S/c10-4-1-2-6-5(3-4)7(8(11)12)9(13)14-6/h1-3,8H. The molecule has 0 amide bonds. The number of alkyl halides is 2. The maximum atomic E-state index is 13.1. The Labute approximate surface area is 90.5 Å². The van der Waals surface area contributed by atoms with E-state index in [1.807, 2.05) is 0 Å². The number of rotatable bonds is 1. The number of benzene rings is 1. The summed E-state index contributed by atoms with van der Waals surface area (Å²) in [6.45, 7) is 0. The molecule has 0 saturated carbocycles. The lowest BCUT2D eigenvalue weighted by Crippen LogP contribution is -1.84. The van der Waals surface area contributed by atoms with Crippen LogP contribution in [-0.2, 0) is 0 Å². The molecular formula is C9H4BrF3S. The zero-order valence-corrected chi connectivity index (χ0v) is 9.13. The minimum atomic E-state index is -2.77. The van der Waals surface area contributed by atoms with Crippen LogP contribution in [0.3, 0.4) is 0 Å². The Balaban J connectivity index is 2.79. The summed E-state index contributed by atoms with van der Waals surface area (Å²) < 4.78 is 39.3. The van der Waals surface area contributed by atoms with Crippen molar-refractivity contribution in [1.82, 2.24) is 0 Å². The van der Waals surface area contributed by atoms with Gasteiger partial charge in [-0.1, -0.05) is 15.9 Å². The van der Waals surface area contributed by atoms with E-state index >= 15 is 0 Å². The summed E-state index contributed by atoms with van der Waals surface area (Å²) in [5.74, 6) is 0. The number of fused-ring (bicyclic) bond motifs is 1. The first-order valence-electron chi connectivity index (χ1n) is 3.75. The quantitative estimate of drug-likeness (QED) is 0.708. The molecule has 5 heteroatoms. The molecule has 14 heavy (non-hydrogen) atoms. The van der Waals surface area contributed by atoms with Crippen LogP contribution in [0.1, 0.15) is 12.0 Å². The molecule has 0 spiro atoms. The first-order valence-corrected chi connectivity index (χ1v) is 5.36. The van der Waals surface area contributed by atoms with E-state index in [-0.39, 0.29) is 5.39 Å². The number of hydrogen-bond acceptors (Lipinski definition) is 1. The van der Waals surface area contributed by atoms with Crippen LogP contribution < -0.4 is 0 Å². The van der Waals surface area contributed by atoms with Crippen LogP contribution in [0, 0.1) is 5.13 Å². The molecule has 0 atom stereocenters. The molecule has 0 fully saturated rings. The van der Waals surface area contributed by atoms with E-state index in [9.17, 15) is 13.2 Å². The molecule has 2 aromatic rings. The number of hydrogen-bond donors (Lipinski definition) is 0. The highest BCUT2D eigenvalue weighted by atomic mass is 79.9. The summed E-state index contributed by atoms with van der Waals surface area (Å²) in [6, 6.07) is 4.84. The van der Waals surface area contributed by atoms with Gasteiger partial charge in [0.25, 0.3) is 6.43 Å². The molecule has 0 radical (unpaired) electrons. The van der Waals surface area contributed by atoms with Gasteiger partial charge in [-0.15, -0.1) is 11.3 Å². The van der Waals surface area contributed by atoms with E-state index in [1.54, 1.807) is 12.1 Å². The third kappa shape index (κ3) is 1.54. The average molecular weight is 281 g/mol. The molecule has 0 bridgehead atoms. The summed E-state index contributed by atoms with van der Waals surface area (Å²) in [7, 11) is 0. The highest BCUT2D eigenvalue weighted by Crippen LogP contribution is 2.37. The lowest BCUT2D eigenvalue weighted by molar-refractivity contribution is 0.149. The summed E-state index contributed by atoms with van der Waals surface area (Å²) in [5.41, 5.74) is -0.494. The smallest absolute Gasteiger partial charge is 0.205 e. The van der Waals surface area contributed by atoms with Crippen LogP contribution in [0.25, 0.3) is 10.1 Å². The number of halogens is 4. The topological polar surface area (TPSA) is 0 Å². The maximum absolute atomic E-state index is 13.1. The van der Waals surface area contributed by atoms with E-state index in [4.69, 9.17) is 0 Å². The SMILES string of the molecule is Fc1sc2ccc(Br)cc2c1C(F)F. The van der Waals surface area contributed by atoms with Crippen LogP contribution in [0.2, 0.25) is 0 Å². The normalized spacial score (nSPS) is 11.5. The van der Waals surface area contributed by atoms with Gasteiger partial charge >= 0.3 is 0 Å². The lowest BCUT2D eigenvalue weighted by atomic mass is 10.2. The van der Waals surface area contributed by atoms with E-state index in [0.29, 0.717) is 9.17 Å². The van der Waals surface area contributed by atoms with Crippen molar-refractivity contribution >= 4 is 37.4 Å². The van der Waals surface area contributed by atoms with Gasteiger partial charge in [-0.2, -0.15) is 4.39 Å². The highest BCUT2D eigenvalue weighted by molar-refractivity contribution is 9.10. The van der Waals surface area contributed by atoms with Gasteiger partial charge in [0.05, 0.1) is 5.56 Å². The predicted octanol–water partition coefficient (Wildman–Crippen LogP) is 4.74. The van der Waals surface area contributed by atoms with Gasteiger partial charge in [-0.05, 0) is 18.2 Å². The van der Waals surface area contributed by atoms with E-state index < -0.39 is 17.1 Å². The second-order valence-electron chi connectivity index (χ2n) is 2.73. The van der Waals surface area contributed by atoms with E-state index in [1.165, 1.54) is 6.07 Å². The molecule has 0 N–H and O–H groups in total. The van der Waals surface area contributed by atoms with Crippen molar-refractivity contribution < 1.29 is 13.2 Å². The second-order valence-corrected chi connectivity index (χ2v) is 4.65. The molecule has 2 rings (SSSR count). The summed E-state index contributed by atoms with van der Waals surface area (Å²) >= 11 is 3.91. The molecule has 1 aromatic carbocycles. The maximum Gasteiger partial charge on any atom is 0.268 e. The van der Waals surface area contributed by atoms with Crippen molar-refractivity contribution in [1.29, 1.82) is 0 Å². The van der Waals surface area contributed by atoms with Crippen molar-refractivity contribution in [2.24, 2.45) is 0 Å². The third-order valence-electron chi connectivity index (χ3n) is 1.86. The number of thiophene rings is 1. The fourth-order valence-electron chi connectivity index (χ4n) is 1.26. The largest absolute Gasteiger partial charge is 0.268 e.